The molecular weight excluding hydrogens is 715 g/mol. The van der Waals surface area contributed by atoms with Crippen molar-refractivity contribution in [1.82, 2.24) is 0 Å². The Morgan fingerprint density at radius 3 is 1.67 bits per heavy atom. The average Bonchev–Trinajstić information content (AvgIpc) is 3.15. The van der Waals surface area contributed by atoms with Gasteiger partial charge in [0.15, 0.2) is 6.10 Å². The van der Waals surface area contributed by atoms with E-state index >= 15 is 0 Å². The first-order chi connectivity index (χ1) is 26.7. The van der Waals surface area contributed by atoms with Crippen LogP contribution in [-0.2, 0) is 28.2 Å². The molecule has 0 aliphatic carbocycles. The number of unbranched alkanes of at least 4 members (excludes halogenated alkanes) is 4. The smallest absolute Gasteiger partial charge is 0.462 e. The number of carbonyl (C=O) groups is 2. The Hall–Kier alpha value is -3.59. The summed E-state index contributed by atoms with van der Waals surface area (Å²) in [5, 5.41) is 10.1. The van der Waals surface area contributed by atoms with Gasteiger partial charge in [-0.25, -0.2) is 4.57 Å². The molecule has 0 saturated carbocycles. The summed E-state index contributed by atoms with van der Waals surface area (Å²) in [6.07, 6.45) is 52.4. The van der Waals surface area contributed by atoms with Crippen LogP contribution in [0.1, 0.15) is 123 Å². The van der Waals surface area contributed by atoms with Crippen LogP contribution in [0.25, 0.3) is 0 Å². The van der Waals surface area contributed by atoms with E-state index in [4.69, 9.17) is 19.3 Å². The summed E-state index contributed by atoms with van der Waals surface area (Å²) in [5.74, 6) is -1.13. The van der Waals surface area contributed by atoms with E-state index in [1.807, 2.05) is 42.5 Å². The van der Waals surface area contributed by atoms with E-state index in [1.54, 1.807) is 12.2 Å². The zero-order valence-corrected chi connectivity index (χ0v) is 34.3. The van der Waals surface area contributed by atoms with Crippen LogP contribution in [0, 0.1) is 0 Å². The first kappa shape index (κ1) is 51.4. The minimum atomic E-state index is -4.82. The Kier molecular flexibility index (Phi) is 36.2. The fraction of sp³-hybridized carbons (Fsp3) is 0.511. The van der Waals surface area contributed by atoms with Crippen LogP contribution in [0.15, 0.2) is 122 Å². The minimum absolute atomic E-state index is 0.0495. The predicted molar refractivity (Wildman–Crippen MR) is 226 cm³/mol. The van der Waals surface area contributed by atoms with Crippen molar-refractivity contribution in [2.75, 3.05) is 13.2 Å². The van der Waals surface area contributed by atoms with Crippen molar-refractivity contribution in [3.05, 3.63) is 122 Å². The number of hydrogen-bond donors (Lipinski definition) is 3. The van der Waals surface area contributed by atoms with Crippen molar-refractivity contribution < 1.29 is 43.0 Å². The molecular formula is C45H69O9P. The van der Waals surface area contributed by atoms with Gasteiger partial charge in [0.1, 0.15) is 6.61 Å². The molecule has 0 aromatic carbocycles. The number of hydrogen-bond acceptors (Lipinski definition) is 7. The van der Waals surface area contributed by atoms with Crippen molar-refractivity contribution in [3.63, 3.8) is 0 Å². The zero-order valence-electron chi connectivity index (χ0n) is 33.4. The molecule has 55 heavy (non-hydrogen) atoms. The number of phosphoric acid groups is 1. The Balaban J connectivity index is 4.29. The maximum Gasteiger partial charge on any atom is 0.469 e. The van der Waals surface area contributed by atoms with E-state index in [9.17, 15) is 19.3 Å². The van der Waals surface area contributed by atoms with Crippen molar-refractivity contribution in [3.8, 4) is 0 Å². The summed E-state index contributed by atoms with van der Waals surface area (Å²) in [6, 6.07) is 0. The maximum atomic E-state index is 12.4. The fourth-order valence-electron chi connectivity index (χ4n) is 4.59. The molecule has 0 amide bonds. The second-order valence-corrected chi connectivity index (χ2v) is 14.0. The number of allylic oxidation sites excluding steroid dienone is 18. The van der Waals surface area contributed by atoms with Crippen LogP contribution in [0.2, 0.25) is 0 Å². The van der Waals surface area contributed by atoms with Gasteiger partial charge in [-0.1, -0.05) is 148 Å². The predicted octanol–water partition coefficient (Wildman–Crippen LogP) is 11.1. The third kappa shape index (κ3) is 41.4. The lowest BCUT2D eigenvalue weighted by molar-refractivity contribution is -0.161. The maximum absolute atomic E-state index is 12.4. The number of aliphatic hydroxyl groups is 1. The fourth-order valence-corrected chi connectivity index (χ4v) is 4.95. The van der Waals surface area contributed by atoms with Crippen LogP contribution >= 0.6 is 7.82 Å². The number of rotatable bonds is 34. The molecule has 0 rings (SSSR count). The van der Waals surface area contributed by atoms with E-state index in [-0.39, 0.29) is 19.4 Å². The highest BCUT2D eigenvalue weighted by molar-refractivity contribution is 7.46. The second-order valence-electron chi connectivity index (χ2n) is 12.7. The highest BCUT2D eigenvalue weighted by atomic mass is 31.2. The molecule has 0 aliphatic heterocycles. The van der Waals surface area contributed by atoms with Gasteiger partial charge >= 0.3 is 19.8 Å². The molecule has 9 nitrogen and oxygen atoms in total. The zero-order chi connectivity index (χ0) is 40.5. The minimum Gasteiger partial charge on any atom is -0.462 e. The van der Waals surface area contributed by atoms with Gasteiger partial charge in [-0.2, -0.15) is 0 Å². The van der Waals surface area contributed by atoms with Crippen molar-refractivity contribution >= 4 is 19.8 Å². The van der Waals surface area contributed by atoms with Gasteiger partial charge in [0.25, 0.3) is 0 Å². The highest BCUT2D eigenvalue weighted by Crippen LogP contribution is 2.35. The first-order valence-electron chi connectivity index (χ1n) is 19.9. The third-order valence-electron chi connectivity index (χ3n) is 7.56. The van der Waals surface area contributed by atoms with E-state index in [2.05, 4.69) is 85.2 Å². The standard InChI is InChI=1S/C45H69O9P/c1-3-5-7-9-11-13-14-15-16-17-18-19-20-21-22-24-26-30-35-39-45(48)54-43(41-53-55(49,50)51)40-52-44(47)38-34-31-27-29-33-37-42(46)36-32-28-25-23-12-10-8-6-4-2/h5,7,11-13,15-16,18-19,21-23,26-30,32-33,37,42-43,46H,3-4,6,8-10,14,17,20,24-25,31,34-36,38-41H2,1-2H3,(H2,49,50,51)/b7-5-,13-11-,16-15-,19-18-,22-21-,23-12-,29-27+,30-26-,32-28-,37-33-/t42?,43-/m1/s1. The highest BCUT2D eigenvalue weighted by Gasteiger charge is 2.22. The number of esters is 2. The van der Waals surface area contributed by atoms with Crippen LogP contribution in [0.5, 0.6) is 0 Å². The van der Waals surface area contributed by atoms with Crippen LogP contribution in [0.3, 0.4) is 0 Å². The Morgan fingerprint density at radius 2 is 1.11 bits per heavy atom. The van der Waals surface area contributed by atoms with Crippen LogP contribution < -0.4 is 0 Å². The van der Waals surface area contributed by atoms with Gasteiger partial charge < -0.3 is 24.4 Å². The quantitative estimate of drug-likeness (QED) is 0.0191. The molecule has 3 N–H and O–H groups in total. The molecule has 0 fully saturated rings. The van der Waals surface area contributed by atoms with Gasteiger partial charge in [0.2, 0.25) is 0 Å². The van der Waals surface area contributed by atoms with Gasteiger partial charge in [-0.05, 0) is 83.5 Å². The molecule has 0 aliphatic rings. The van der Waals surface area contributed by atoms with Crippen molar-refractivity contribution in [2.24, 2.45) is 0 Å². The molecule has 2 atom stereocenters. The molecule has 0 heterocycles. The monoisotopic (exact) mass is 784 g/mol. The average molecular weight is 785 g/mol. The van der Waals surface area contributed by atoms with Crippen molar-refractivity contribution in [1.29, 1.82) is 0 Å². The molecule has 0 aromatic rings. The second kappa shape index (κ2) is 38.7. The largest absolute Gasteiger partial charge is 0.469 e. The molecule has 0 aromatic heterocycles. The normalized spacial score (nSPS) is 14.3. The van der Waals surface area contributed by atoms with E-state index < -0.39 is 38.6 Å². The third-order valence-corrected chi connectivity index (χ3v) is 8.04. The summed E-state index contributed by atoms with van der Waals surface area (Å²) in [7, 11) is -4.82. The van der Waals surface area contributed by atoms with Gasteiger partial charge in [0.05, 0.1) is 12.7 Å². The van der Waals surface area contributed by atoms with E-state index in [1.165, 1.54) is 19.3 Å². The van der Waals surface area contributed by atoms with Gasteiger partial charge in [-0.3, -0.25) is 14.1 Å². The van der Waals surface area contributed by atoms with Crippen LogP contribution in [-0.4, -0.2) is 52.3 Å². The Bertz CT molecular complexity index is 1310. The molecule has 0 radical (unpaired) electrons. The van der Waals surface area contributed by atoms with Crippen molar-refractivity contribution in [2.45, 2.75) is 135 Å². The lowest BCUT2D eigenvalue weighted by Gasteiger charge is -2.18. The van der Waals surface area contributed by atoms with Crippen LogP contribution in [0.4, 0.5) is 0 Å². The summed E-state index contributed by atoms with van der Waals surface area (Å²) in [6.45, 7) is 3.33. The molecule has 308 valence electrons. The Morgan fingerprint density at radius 1 is 0.582 bits per heavy atom. The molecule has 0 saturated heterocycles. The SMILES string of the molecule is CC/C=C\C/C=C\C/C=C\C/C=C\C/C=C\C/C=C\CCC(=O)O[C@H](COC(=O)CCC/C=C/C=C\C(O)C/C=C\C/C=C\CCCCC)COP(=O)(O)O. The first-order valence-corrected chi connectivity index (χ1v) is 21.5. The summed E-state index contributed by atoms with van der Waals surface area (Å²) in [5.41, 5.74) is 0. The number of aliphatic hydroxyl groups excluding tert-OH is 1. The molecule has 10 heteroatoms. The summed E-state index contributed by atoms with van der Waals surface area (Å²) in [4.78, 5) is 42.7. The lowest BCUT2D eigenvalue weighted by Crippen LogP contribution is -2.29. The number of phosphoric ester groups is 1. The molecule has 0 bridgehead atoms. The lowest BCUT2D eigenvalue weighted by atomic mass is 10.2. The van der Waals surface area contributed by atoms with Gasteiger partial charge in [-0.15, -0.1) is 0 Å². The number of ether oxygens (including phenoxy) is 2. The topological polar surface area (TPSA) is 140 Å². The summed E-state index contributed by atoms with van der Waals surface area (Å²) >= 11 is 0. The Labute approximate surface area is 331 Å². The van der Waals surface area contributed by atoms with E-state index in [0.717, 1.165) is 51.4 Å². The summed E-state index contributed by atoms with van der Waals surface area (Å²) < 4.78 is 26.2. The van der Waals surface area contributed by atoms with E-state index in [0.29, 0.717) is 25.7 Å². The van der Waals surface area contributed by atoms with Gasteiger partial charge in [0, 0.05) is 12.8 Å². The molecule has 0 spiro atoms. The number of carbonyl (C=O) groups excluding carboxylic acids is 2. The molecule has 1 unspecified atom stereocenters.